The number of carboxylic acid groups (broad SMARTS) is 1. The third kappa shape index (κ3) is 3.74. The van der Waals surface area contributed by atoms with E-state index in [1.165, 1.54) is 0 Å². The van der Waals surface area contributed by atoms with Gasteiger partial charge in [-0.25, -0.2) is 0 Å². The monoisotopic (exact) mass is 326 g/mol. The highest BCUT2D eigenvalue weighted by molar-refractivity contribution is 5.87. The molecule has 1 aliphatic heterocycles. The van der Waals surface area contributed by atoms with Crippen LogP contribution in [0.25, 0.3) is 10.8 Å². The molecule has 3 rings (SSSR count). The quantitative estimate of drug-likeness (QED) is 0.822. The maximum Gasteiger partial charge on any atom is 0.223 e. The Morgan fingerprint density at radius 1 is 1.08 bits per heavy atom. The molecule has 0 aliphatic carbocycles. The smallest absolute Gasteiger partial charge is 0.223 e. The van der Waals surface area contributed by atoms with Gasteiger partial charge in [0, 0.05) is 31.4 Å². The van der Waals surface area contributed by atoms with Crippen LogP contribution in [0, 0.1) is 5.92 Å². The molecule has 1 heterocycles. The topological polar surface area (TPSA) is 69.7 Å². The van der Waals surface area contributed by atoms with Gasteiger partial charge in [0.05, 0.1) is 13.2 Å². The fourth-order valence-corrected chi connectivity index (χ4v) is 3.13. The van der Waals surface area contributed by atoms with Gasteiger partial charge in [0.25, 0.3) is 0 Å². The summed E-state index contributed by atoms with van der Waals surface area (Å²) in [6.07, 6.45) is 0.255. The third-order valence-corrected chi connectivity index (χ3v) is 4.46. The second-order valence-electron chi connectivity index (χ2n) is 6.06. The SMILES string of the molecule is O=C([O-])C(CC(=O)N1CCOCC1)Cc1cccc2ccccc12. The first-order valence-corrected chi connectivity index (χ1v) is 8.18. The standard InChI is InChI=1S/C19H21NO4/c21-18(20-8-10-24-11-9-20)13-16(19(22)23)12-15-6-3-5-14-4-1-2-7-17(14)15/h1-7,16H,8-13H2,(H,22,23)/p-1. The van der Waals surface area contributed by atoms with Gasteiger partial charge in [0.15, 0.2) is 0 Å². The second kappa shape index (κ2) is 7.45. The third-order valence-electron chi connectivity index (χ3n) is 4.46. The lowest BCUT2D eigenvalue weighted by Gasteiger charge is -2.29. The Labute approximate surface area is 140 Å². The molecule has 24 heavy (non-hydrogen) atoms. The average molecular weight is 326 g/mol. The van der Waals surface area contributed by atoms with Gasteiger partial charge in [-0.1, -0.05) is 42.5 Å². The molecule has 1 amide bonds. The van der Waals surface area contributed by atoms with Crippen LogP contribution < -0.4 is 5.11 Å². The van der Waals surface area contributed by atoms with E-state index in [1.807, 2.05) is 42.5 Å². The summed E-state index contributed by atoms with van der Waals surface area (Å²) in [5, 5.41) is 13.6. The maximum absolute atomic E-state index is 12.3. The van der Waals surface area contributed by atoms with Crippen LogP contribution in [0.15, 0.2) is 42.5 Å². The van der Waals surface area contributed by atoms with E-state index in [4.69, 9.17) is 4.74 Å². The number of carboxylic acids is 1. The van der Waals surface area contributed by atoms with Crippen molar-refractivity contribution in [2.45, 2.75) is 12.8 Å². The molecule has 0 bridgehead atoms. The van der Waals surface area contributed by atoms with Crippen LogP contribution >= 0.6 is 0 Å². The van der Waals surface area contributed by atoms with Gasteiger partial charge in [-0.2, -0.15) is 0 Å². The molecule has 1 saturated heterocycles. The Bertz CT molecular complexity index is 732. The van der Waals surface area contributed by atoms with Crippen LogP contribution in [0.5, 0.6) is 0 Å². The molecule has 2 aromatic carbocycles. The van der Waals surface area contributed by atoms with Crippen LogP contribution in [0.3, 0.4) is 0 Å². The number of aliphatic carboxylic acids is 1. The number of benzene rings is 2. The van der Waals surface area contributed by atoms with Crippen LogP contribution in [-0.4, -0.2) is 43.1 Å². The maximum atomic E-state index is 12.3. The molecular formula is C19H20NO4-. The molecular weight excluding hydrogens is 306 g/mol. The summed E-state index contributed by atoms with van der Waals surface area (Å²) in [5.41, 5.74) is 0.928. The zero-order valence-electron chi connectivity index (χ0n) is 13.4. The second-order valence-corrected chi connectivity index (χ2v) is 6.06. The molecule has 5 heteroatoms. The number of hydrogen-bond acceptors (Lipinski definition) is 4. The van der Waals surface area contributed by atoms with E-state index < -0.39 is 11.9 Å². The molecule has 1 fully saturated rings. The Hall–Kier alpha value is -2.40. The summed E-state index contributed by atoms with van der Waals surface area (Å²) in [6, 6.07) is 13.7. The lowest BCUT2D eigenvalue weighted by atomic mass is 9.92. The zero-order valence-corrected chi connectivity index (χ0v) is 13.4. The summed E-state index contributed by atoms with van der Waals surface area (Å²) >= 11 is 0. The fraction of sp³-hybridized carbons (Fsp3) is 0.368. The van der Waals surface area contributed by atoms with Crippen molar-refractivity contribution in [2.24, 2.45) is 5.92 Å². The summed E-state index contributed by atoms with van der Waals surface area (Å²) in [4.78, 5) is 25.6. The molecule has 1 aliphatic rings. The van der Waals surface area contributed by atoms with Crippen LogP contribution in [0.4, 0.5) is 0 Å². The molecule has 0 aromatic heterocycles. The summed E-state index contributed by atoms with van der Waals surface area (Å²) in [5.74, 6) is -2.15. The van der Waals surface area contributed by atoms with Crippen molar-refractivity contribution < 1.29 is 19.4 Å². The van der Waals surface area contributed by atoms with E-state index in [2.05, 4.69) is 0 Å². The van der Waals surface area contributed by atoms with Crippen molar-refractivity contribution in [3.05, 3.63) is 48.0 Å². The first kappa shape index (κ1) is 16.5. The lowest BCUT2D eigenvalue weighted by Crippen LogP contribution is -2.43. The Morgan fingerprint density at radius 2 is 1.79 bits per heavy atom. The first-order valence-electron chi connectivity index (χ1n) is 8.18. The van der Waals surface area contributed by atoms with Gasteiger partial charge < -0.3 is 19.5 Å². The number of nitrogens with zero attached hydrogens (tertiary/aromatic N) is 1. The van der Waals surface area contributed by atoms with Gasteiger partial charge in [-0.05, 0) is 22.8 Å². The van der Waals surface area contributed by atoms with Crippen molar-refractivity contribution >= 4 is 22.6 Å². The van der Waals surface area contributed by atoms with Gasteiger partial charge in [-0.15, -0.1) is 0 Å². The van der Waals surface area contributed by atoms with Crippen molar-refractivity contribution in [3.8, 4) is 0 Å². The molecule has 1 atom stereocenters. The highest BCUT2D eigenvalue weighted by Crippen LogP contribution is 2.23. The van der Waals surface area contributed by atoms with Crippen molar-refractivity contribution in [1.29, 1.82) is 0 Å². The normalized spacial score (nSPS) is 16.1. The number of rotatable bonds is 5. The number of fused-ring (bicyclic) bond motifs is 1. The molecule has 1 unspecified atom stereocenters. The fourth-order valence-electron chi connectivity index (χ4n) is 3.13. The van der Waals surface area contributed by atoms with Crippen LogP contribution in [-0.2, 0) is 20.7 Å². The number of morpholine rings is 1. The van der Waals surface area contributed by atoms with E-state index >= 15 is 0 Å². The number of hydrogen-bond donors (Lipinski definition) is 0. The predicted octanol–water partition coefficient (Wildman–Crippen LogP) is 0.997. The zero-order chi connectivity index (χ0) is 16.9. The average Bonchev–Trinajstić information content (AvgIpc) is 2.62. The van der Waals surface area contributed by atoms with Crippen LogP contribution in [0.2, 0.25) is 0 Å². The number of carbonyl (C=O) groups excluding carboxylic acids is 2. The Morgan fingerprint density at radius 3 is 2.54 bits per heavy atom. The lowest BCUT2D eigenvalue weighted by molar-refractivity contribution is -0.311. The van der Waals surface area contributed by atoms with E-state index in [-0.39, 0.29) is 12.3 Å². The predicted molar refractivity (Wildman–Crippen MR) is 88.2 cm³/mol. The number of amides is 1. The van der Waals surface area contributed by atoms with Gasteiger partial charge in [0.2, 0.25) is 5.91 Å². The van der Waals surface area contributed by atoms with Crippen molar-refractivity contribution in [2.75, 3.05) is 26.3 Å². The molecule has 5 nitrogen and oxygen atoms in total. The van der Waals surface area contributed by atoms with E-state index in [9.17, 15) is 14.7 Å². The highest BCUT2D eigenvalue weighted by atomic mass is 16.5. The largest absolute Gasteiger partial charge is 0.550 e. The molecule has 2 aromatic rings. The minimum Gasteiger partial charge on any atom is -0.550 e. The van der Waals surface area contributed by atoms with Crippen molar-refractivity contribution in [3.63, 3.8) is 0 Å². The molecule has 0 saturated carbocycles. The first-order chi connectivity index (χ1) is 11.6. The molecule has 126 valence electrons. The minimum atomic E-state index is -1.18. The highest BCUT2D eigenvalue weighted by Gasteiger charge is 2.22. The number of carbonyl (C=O) groups is 2. The van der Waals surface area contributed by atoms with Crippen LogP contribution in [0.1, 0.15) is 12.0 Å². The Balaban J connectivity index is 1.76. The summed E-state index contributed by atoms with van der Waals surface area (Å²) in [6.45, 7) is 2.05. The van der Waals surface area contributed by atoms with E-state index in [0.29, 0.717) is 32.7 Å². The number of ether oxygens (including phenoxy) is 1. The summed E-state index contributed by atoms with van der Waals surface area (Å²) in [7, 11) is 0. The van der Waals surface area contributed by atoms with Crippen molar-refractivity contribution in [1.82, 2.24) is 4.90 Å². The van der Waals surface area contributed by atoms with E-state index in [1.54, 1.807) is 4.90 Å². The minimum absolute atomic E-state index is 0.0362. The van der Waals surface area contributed by atoms with E-state index in [0.717, 1.165) is 16.3 Å². The Kier molecular flexibility index (Phi) is 5.11. The van der Waals surface area contributed by atoms with Gasteiger partial charge in [0.1, 0.15) is 0 Å². The molecule has 0 spiro atoms. The van der Waals surface area contributed by atoms with Gasteiger partial charge in [-0.3, -0.25) is 4.79 Å². The molecule has 0 radical (unpaired) electrons. The summed E-state index contributed by atoms with van der Waals surface area (Å²) < 4.78 is 5.22. The molecule has 0 N–H and O–H groups in total. The van der Waals surface area contributed by atoms with Gasteiger partial charge >= 0.3 is 0 Å².